The lowest BCUT2D eigenvalue weighted by Gasteiger charge is -2.38. The summed E-state index contributed by atoms with van der Waals surface area (Å²) >= 11 is 0. The minimum Gasteiger partial charge on any atom is -0.349 e. The molecule has 138 valence electrons. The fourth-order valence-electron chi connectivity index (χ4n) is 3.81. The van der Waals surface area contributed by atoms with Crippen molar-refractivity contribution in [3.05, 3.63) is 41.2 Å². The molecule has 0 amide bonds. The number of hydrogen-bond donors (Lipinski definition) is 0. The van der Waals surface area contributed by atoms with Gasteiger partial charge in [0.2, 0.25) is 0 Å². The highest BCUT2D eigenvalue weighted by Crippen LogP contribution is 2.40. The van der Waals surface area contributed by atoms with Crippen LogP contribution in [0.3, 0.4) is 0 Å². The molecule has 1 unspecified atom stereocenters. The van der Waals surface area contributed by atoms with Gasteiger partial charge in [-0.1, -0.05) is 44.5 Å². The van der Waals surface area contributed by atoms with E-state index in [9.17, 15) is 8.78 Å². The van der Waals surface area contributed by atoms with Crippen molar-refractivity contribution >= 4 is 5.57 Å². The zero-order valence-electron chi connectivity index (χ0n) is 15.2. The first-order chi connectivity index (χ1) is 12.0. The van der Waals surface area contributed by atoms with Gasteiger partial charge in [0.25, 0.3) is 0 Å². The van der Waals surface area contributed by atoms with Gasteiger partial charge in [0, 0.05) is 12.3 Å². The maximum absolute atomic E-state index is 14.7. The van der Waals surface area contributed by atoms with Crippen LogP contribution >= 0.6 is 0 Å². The molecule has 0 saturated carbocycles. The zero-order valence-corrected chi connectivity index (χ0v) is 15.2. The van der Waals surface area contributed by atoms with Gasteiger partial charge in [0.15, 0.2) is 12.0 Å². The van der Waals surface area contributed by atoms with Crippen LogP contribution in [0.4, 0.5) is 8.78 Å². The molecule has 0 N–H and O–H groups in total. The van der Waals surface area contributed by atoms with Crippen LogP contribution in [0.1, 0.15) is 57.1 Å². The quantitative estimate of drug-likeness (QED) is 0.687. The number of aryl methyl sites for hydroxylation is 1. The summed E-state index contributed by atoms with van der Waals surface area (Å²) in [5.74, 6) is -0.122. The predicted molar refractivity (Wildman–Crippen MR) is 95.6 cm³/mol. The van der Waals surface area contributed by atoms with Crippen LogP contribution in [0, 0.1) is 5.92 Å². The van der Waals surface area contributed by atoms with Crippen molar-refractivity contribution in [2.24, 2.45) is 5.92 Å². The van der Waals surface area contributed by atoms with Crippen LogP contribution in [0.5, 0.6) is 0 Å². The lowest BCUT2D eigenvalue weighted by Crippen LogP contribution is -2.46. The maximum Gasteiger partial charge on any atom is 0.161 e. The molecule has 2 nitrogen and oxygen atoms in total. The molecule has 1 aromatic rings. The smallest absolute Gasteiger partial charge is 0.161 e. The highest BCUT2D eigenvalue weighted by atomic mass is 19.1. The van der Waals surface area contributed by atoms with E-state index in [2.05, 4.69) is 19.1 Å². The van der Waals surface area contributed by atoms with Crippen LogP contribution < -0.4 is 0 Å². The van der Waals surface area contributed by atoms with Gasteiger partial charge < -0.3 is 9.47 Å². The van der Waals surface area contributed by atoms with E-state index in [1.807, 2.05) is 19.1 Å². The van der Waals surface area contributed by atoms with E-state index in [1.165, 1.54) is 5.56 Å². The van der Waals surface area contributed by atoms with Gasteiger partial charge in [-0.3, -0.25) is 0 Å². The van der Waals surface area contributed by atoms with Gasteiger partial charge in [0.1, 0.15) is 5.83 Å². The summed E-state index contributed by atoms with van der Waals surface area (Å²) in [6, 6.07) is 8.13. The van der Waals surface area contributed by atoms with Gasteiger partial charge in [-0.05, 0) is 42.4 Å². The third-order valence-corrected chi connectivity index (χ3v) is 5.34. The average Bonchev–Trinajstić information content (AvgIpc) is 2.62. The molecule has 1 atom stereocenters. The summed E-state index contributed by atoms with van der Waals surface area (Å²) in [5.41, 5.74) is 1.62. The van der Waals surface area contributed by atoms with Gasteiger partial charge in [-0.25, -0.2) is 8.78 Å². The molecule has 0 spiro atoms. The Morgan fingerprint density at radius 1 is 1.12 bits per heavy atom. The van der Waals surface area contributed by atoms with E-state index in [0.717, 1.165) is 30.4 Å². The topological polar surface area (TPSA) is 18.5 Å². The van der Waals surface area contributed by atoms with Gasteiger partial charge in [-0.2, -0.15) is 0 Å². The van der Waals surface area contributed by atoms with Crippen molar-refractivity contribution in [2.75, 3.05) is 13.2 Å². The van der Waals surface area contributed by atoms with Gasteiger partial charge in [0.05, 0.1) is 13.2 Å². The van der Waals surface area contributed by atoms with E-state index in [1.54, 1.807) is 0 Å². The molecule has 1 fully saturated rings. The second-order valence-corrected chi connectivity index (χ2v) is 7.33. The number of allylic oxidation sites excluding steroid dienone is 2. The van der Waals surface area contributed by atoms with E-state index in [4.69, 9.17) is 9.47 Å². The molecule has 3 rings (SSSR count). The first-order valence-electron chi connectivity index (χ1n) is 9.43. The second kappa shape index (κ2) is 7.96. The molecule has 0 aromatic heterocycles. The van der Waals surface area contributed by atoms with Crippen LogP contribution in [0.2, 0.25) is 0 Å². The van der Waals surface area contributed by atoms with Crippen LogP contribution in [-0.4, -0.2) is 25.2 Å². The summed E-state index contributed by atoms with van der Waals surface area (Å²) in [6.45, 7) is 4.16. The summed E-state index contributed by atoms with van der Waals surface area (Å²) in [4.78, 5) is 0. The van der Waals surface area contributed by atoms with Crippen LogP contribution in [0.15, 0.2) is 30.1 Å². The molecule has 1 heterocycles. The zero-order chi connectivity index (χ0) is 17.9. The number of alkyl halides is 1. The summed E-state index contributed by atoms with van der Waals surface area (Å²) < 4.78 is 40.3. The van der Waals surface area contributed by atoms with E-state index in [0.29, 0.717) is 19.3 Å². The predicted octanol–water partition coefficient (Wildman–Crippen LogP) is 5.61. The first kappa shape index (κ1) is 18.5. The monoisotopic (exact) mass is 350 g/mol. The molecule has 0 radical (unpaired) electrons. The molecule has 0 bridgehead atoms. The Kier molecular flexibility index (Phi) is 5.90. The van der Waals surface area contributed by atoms with Crippen molar-refractivity contribution < 1.29 is 18.3 Å². The lowest BCUT2D eigenvalue weighted by molar-refractivity contribution is -0.255. The summed E-state index contributed by atoms with van der Waals surface area (Å²) in [7, 11) is 0. The Labute approximate surface area is 149 Å². The van der Waals surface area contributed by atoms with E-state index < -0.39 is 12.0 Å². The largest absolute Gasteiger partial charge is 0.349 e. The summed E-state index contributed by atoms with van der Waals surface area (Å²) in [6.07, 6.45) is 3.47. The van der Waals surface area contributed by atoms with Crippen LogP contribution in [0.25, 0.3) is 5.57 Å². The maximum atomic E-state index is 14.7. The summed E-state index contributed by atoms with van der Waals surface area (Å²) in [5, 5.41) is 0. The SMILES string of the molecule is CCCC1(F)COC(C2CCC(c3ccc(CC)cc3)=C(F)C2)OC1. The van der Waals surface area contributed by atoms with Crippen molar-refractivity contribution in [3.8, 4) is 0 Å². The van der Waals surface area contributed by atoms with Gasteiger partial charge in [-0.15, -0.1) is 0 Å². The number of benzene rings is 1. The third kappa shape index (κ3) is 4.29. The second-order valence-electron chi connectivity index (χ2n) is 7.33. The van der Waals surface area contributed by atoms with Crippen molar-refractivity contribution in [3.63, 3.8) is 0 Å². The fourth-order valence-corrected chi connectivity index (χ4v) is 3.81. The molecule has 25 heavy (non-hydrogen) atoms. The highest BCUT2D eigenvalue weighted by molar-refractivity contribution is 5.68. The number of ether oxygens (including phenoxy) is 2. The third-order valence-electron chi connectivity index (χ3n) is 5.34. The minimum atomic E-state index is -1.39. The van der Waals surface area contributed by atoms with Crippen molar-refractivity contribution in [1.29, 1.82) is 0 Å². The molecule has 4 heteroatoms. The number of hydrogen-bond acceptors (Lipinski definition) is 2. The van der Waals surface area contributed by atoms with E-state index in [-0.39, 0.29) is 25.0 Å². The average molecular weight is 350 g/mol. The van der Waals surface area contributed by atoms with Crippen LogP contribution in [-0.2, 0) is 15.9 Å². The lowest BCUT2D eigenvalue weighted by atomic mass is 9.84. The Morgan fingerprint density at radius 2 is 1.80 bits per heavy atom. The fraction of sp³-hybridized carbons (Fsp3) is 0.619. The molecule has 1 aromatic carbocycles. The molecular weight excluding hydrogens is 322 g/mol. The molecule has 1 saturated heterocycles. The van der Waals surface area contributed by atoms with E-state index >= 15 is 0 Å². The highest BCUT2D eigenvalue weighted by Gasteiger charge is 2.40. The van der Waals surface area contributed by atoms with Gasteiger partial charge >= 0.3 is 0 Å². The number of halogens is 2. The number of rotatable bonds is 5. The standard InChI is InChI=1S/C21H28F2O2/c1-3-11-21(23)13-24-20(25-14-21)17-9-10-18(19(22)12-17)16-7-5-15(4-2)6-8-16/h5-8,17,20H,3-4,9-14H2,1-2H3. The minimum absolute atomic E-state index is 0.0372. The first-order valence-corrected chi connectivity index (χ1v) is 9.43. The molecule has 1 aliphatic carbocycles. The Balaban J connectivity index is 1.62. The van der Waals surface area contributed by atoms with Crippen molar-refractivity contribution in [2.45, 2.75) is 64.3 Å². The normalized spacial score (nSPS) is 30.6. The van der Waals surface area contributed by atoms with Crippen molar-refractivity contribution in [1.82, 2.24) is 0 Å². The molecular formula is C21H28F2O2. The Bertz CT molecular complexity index is 601. The Hall–Kier alpha value is -1.26. The molecule has 1 aliphatic heterocycles. The Morgan fingerprint density at radius 3 is 2.36 bits per heavy atom. The molecule has 2 aliphatic rings.